The minimum absolute atomic E-state index is 0.142. The number of pyridine rings is 1. The number of aromatic amines is 1. The molecule has 1 aliphatic heterocycles. The summed E-state index contributed by atoms with van der Waals surface area (Å²) in [6.45, 7) is 1.79. The summed E-state index contributed by atoms with van der Waals surface area (Å²) in [5.41, 5.74) is 3.79. The van der Waals surface area contributed by atoms with Gasteiger partial charge in [-0.2, -0.15) is 5.10 Å². The number of hydrazone groups is 1. The van der Waals surface area contributed by atoms with E-state index in [1.54, 1.807) is 39.3 Å². The molecule has 0 fully saturated rings. The third kappa shape index (κ3) is 4.47. The number of amides is 1. The molecule has 1 N–H and O–H groups in total. The molecule has 188 valence electrons. The third-order valence-corrected chi connectivity index (χ3v) is 6.82. The Bertz CT molecular complexity index is 1580. The summed E-state index contributed by atoms with van der Waals surface area (Å²) in [5, 5.41) is 7.58. The van der Waals surface area contributed by atoms with Gasteiger partial charge in [0.1, 0.15) is 0 Å². The Hall–Kier alpha value is -4.10. The molecule has 1 aromatic heterocycles. The van der Waals surface area contributed by atoms with Crippen molar-refractivity contribution >= 4 is 34.1 Å². The first-order valence-electron chi connectivity index (χ1n) is 12.0. The number of fused-ring (bicyclic) bond motifs is 1. The Morgan fingerprint density at radius 1 is 1.03 bits per heavy atom. The predicted octanol–water partition coefficient (Wildman–Crippen LogP) is 5.95. The number of aromatic nitrogens is 1. The number of nitrogens with zero attached hydrogens (tertiary/aromatic N) is 2. The van der Waals surface area contributed by atoms with Crippen molar-refractivity contribution in [2.45, 2.75) is 25.8 Å². The number of nitrogens with one attached hydrogen (secondary N) is 1. The third-order valence-electron chi connectivity index (χ3n) is 6.59. The highest BCUT2D eigenvalue weighted by atomic mass is 35.5. The maximum Gasteiger partial charge on any atom is 0.258 e. The Kier molecular flexibility index (Phi) is 6.72. The number of benzene rings is 3. The SMILES string of the molecule is CCC(=O)N1N=C(c2c(-c3ccccc3)c3cc(Cl)ccc3[nH]c2=O)CC1c1ccc(OC)c(OC)c1. The molecule has 2 heterocycles. The molecular formula is C29H26ClN3O4. The second-order valence-electron chi connectivity index (χ2n) is 8.73. The highest BCUT2D eigenvalue weighted by Gasteiger charge is 2.35. The molecule has 7 nitrogen and oxygen atoms in total. The Labute approximate surface area is 219 Å². The zero-order chi connectivity index (χ0) is 26.1. The van der Waals surface area contributed by atoms with Gasteiger partial charge in [0.05, 0.1) is 31.5 Å². The van der Waals surface area contributed by atoms with Gasteiger partial charge in [-0.1, -0.05) is 54.9 Å². The van der Waals surface area contributed by atoms with E-state index in [0.717, 1.165) is 22.1 Å². The molecule has 1 atom stereocenters. The molecule has 1 amide bonds. The van der Waals surface area contributed by atoms with Crippen LogP contribution in [0.5, 0.6) is 11.5 Å². The zero-order valence-corrected chi connectivity index (χ0v) is 21.5. The molecule has 1 unspecified atom stereocenters. The number of rotatable bonds is 6. The van der Waals surface area contributed by atoms with Crippen molar-refractivity contribution in [3.8, 4) is 22.6 Å². The maximum absolute atomic E-state index is 13.6. The summed E-state index contributed by atoms with van der Waals surface area (Å²) in [6, 6.07) is 20.2. The van der Waals surface area contributed by atoms with Gasteiger partial charge in [-0.05, 0) is 41.5 Å². The highest BCUT2D eigenvalue weighted by Crippen LogP contribution is 2.39. The number of carbonyl (C=O) groups is 1. The van der Waals surface area contributed by atoms with Gasteiger partial charge in [0.25, 0.3) is 5.56 Å². The summed E-state index contributed by atoms with van der Waals surface area (Å²) < 4.78 is 10.9. The molecule has 37 heavy (non-hydrogen) atoms. The van der Waals surface area contributed by atoms with E-state index in [1.807, 2.05) is 48.5 Å². The number of ether oxygens (including phenoxy) is 2. The van der Waals surface area contributed by atoms with Crippen molar-refractivity contribution in [3.63, 3.8) is 0 Å². The first kappa shape index (κ1) is 24.6. The largest absolute Gasteiger partial charge is 0.493 e. The van der Waals surface area contributed by atoms with Crippen LogP contribution in [0.25, 0.3) is 22.0 Å². The van der Waals surface area contributed by atoms with Gasteiger partial charge >= 0.3 is 0 Å². The van der Waals surface area contributed by atoms with Gasteiger partial charge in [-0.25, -0.2) is 5.01 Å². The lowest BCUT2D eigenvalue weighted by molar-refractivity contribution is -0.132. The first-order chi connectivity index (χ1) is 17.9. The van der Waals surface area contributed by atoms with Crippen LogP contribution in [0, 0.1) is 0 Å². The van der Waals surface area contributed by atoms with Crippen LogP contribution < -0.4 is 15.0 Å². The molecule has 0 bridgehead atoms. The summed E-state index contributed by atoms with van der Waals surface area (Å²) in [4.78, 5) is 29.6. The molecule has 0 saturated carbocycles. The number of halogens is 1. The van der Waals surface area contributed by atoms with Crippen molar-refractivity contribution in [3.05, 3.63) is 93.2 Å². The zero-order valence-electron chi connectivity index (χ0n) is 20.7. The van der Waals surface area contributed by atoms with E-state index in [0.29, 0.717) is 39.7 Å². The quantitative estimate of drug-likeness (QED) is 0.344. The van der Waals surface area contributed by atoms with Crippen molar-refractivity contribution in [1.29, 1.82) is 0 Å². The molecule has 0 radical (unpaired) electrons. The Morgan fingerprint density at radius 2 is 1.78 bits per heavy atom. The Balaban J connectivity index is 1.71. The van der Waals surface area contributed by atoms with Crippen LogP contribution in [-0.2, 0) is 4.79 Å². The van der Waals surface area contributed by atoms with E-state index in [2.05, 4.69) is 4.98 Å². The minimum atomic E-state index is -0.402. The van der Waals surface area contributed by atoms with E-state index >= 15 is 0 Å². The number of methoxy groups -OCH3 is 2. The van der Waals surface area contributed by atoms with E-state index < -0.39 is 6.04 Å². The average molecular weight is 516 g/mol. The van der Waals surface area contributed by atoms with Crippen molar-refractivity contribution in [1.82, 2.24) is 9.99 Å². The van der Waals surface area contributed by atoms with Gasteiger partial charge in [0.2, 0.25) is 5.91 Å². The van der Waals surface area contributed by atoms with Crippen molar-refractivity contribution in [2.75, 3.05) is 14.2 Å². The van der Waals surface area contributed by atoms with Gasteiger partial charge < -0.3 is 14.5 Å². The van der Waals surface area contributed by atoms with Gasteiger partial charge in [-0.3, -0.25) is 9.59 Å². The molecule has 1 aliphatic rings. The lowest BCUT2D eigenvalue weighted by Crippen LogP contribution is -2.26. The number of hydrogen-bond acceptors (Lipinski definition) is 5. The van der Waals surface area contributed by atoms with Crippen LogP contribution >= 0.6 is 11.6 Å². The molecule has 0 aliphatic carbocycles. The van der Waals surface area contributed by atoms with Crippen LogP contribution in [0.2, 0.25) is 5.02 Å². The van der Waals surface area contributed by atoms with Crippen LogP contribution in [-0.4, -0.2) is 35.8 Å². The fraction of sp³-hybridized carbons (Fsp3) is 0.207. The summed E-state index contributed by atoms with van der Waals surface area (Å²) in [6.07, 6.45) is 0.631. The van der Waals surface area contributed by atoms with Crippen molar-refractivity contribution in [2.24, 2.45) is 5.10 Å². The van der Waals surface area contributed by atoms with E-state index in [9.17, 15) is 9.59 Å². The van der Waals surface area contributed by atoms with E-state index in [4.69, 9.17) is 26.2 Å². The topological polar surface area (TPSA) is 84.0 Å². The fourth-order valence-electron chi connectivity index (χ4n) is 4.82. The Morgan fingerprint density at radius 3 is 2.49 bits per heavy atom. The summed E-state index contributed by atoms with van der Waals surface area (Å²) in [5.74, 6) is 1.00. The molecule has 5 rings (SSSR count). The number of hydrogen-bond donors (Lipinski definition) is 1. The standard InChI is InChI=1S/C29H26ClN3O4/c1-4-26(34)33-23(18-10-13-24(36-2)25(14-18)37-3)16-22(32-33)28-27(17-8-6-5-7-9-17)20-15-19(30)11-12-21(20)31-29(28)35/h5-15,23H,4,16H2,1-3H3,(H,31,35). The van der Waals surface area contributed by atoms with Crippen LogP contribution in [0.3, 0.4) is 0 Å². The van der Waals surface area contributed by atoms with Crippen molar-refractivity contribution < 1.29 is 14.3 Å². The minimum Gasteiger partial charge on any atom is -0.493 e. The lowest BCUT2D eigenvalue weighted by Gasteiger charge is -2.22. The van der Waals surface area contributed by atoms with Crippen LogP contribution in [0.1, 0.15) is 36.9 Å². The van der Waals surface area contributed by atoms with Gasteiger partial charge in [-0.15, -0.1) is 0 Å². The van der Waals surface area contributed by atoms with Crippen LogP contribution in [0.4, 0.5) is 0 Å². The highest BCUT2D eigenvalue weighted by molar-refractivity contribution is 6.31. The predicted molar refractivity (Wildman–Crippen MR) is 146 cm³/mol. The maximum atomic E-state index is 13.6. The number of H-pyrrole nitrogens is 1. The van der Waals surface area contributed by atoms with Gasteiger partial charge in [0, 0.05) is 34.3 Å². The second-order valence-corrected chi connectivity index (χ2v) is 9.17. The summed E-state index contributed by atoms with van der Waals surface area (Å²) in [7, 11) is 3.14. The second kappa shape index (κ2) is 10.1. The molecule has 0 saturated heterocycles. The lowest BCUT2D eigenvalue weighted by atomic mass is 9.91. The molecule has 8 heteroatoms. The molecule has 0 spiro atoms. The molecular weight excluding hydrogens is 490 g/mol. The smallest absolute Gasteiger partial charge is 0.258 e. The number of carbonyl (C=O) groups excluding carboxylic acids is 1. The summed E-state index contributed by atoms with van der Waals surface area (Å²) >= 11 is 6.37. The van der Waals surface area contributed by atoms with E-state index in [-0.39, 0.29) is 17.9 Å². The first-order valence-corrected chi connectivity index (χ1v) is 12.4. The monoisotopic (exact) mass is 515 g/mol. The fourth-order valence-corrected chi connectivity index (χ4v) is 4.99. The molecule has 3 aromatic carbocycles. The van der Waals surface area contributed by atoms with Gasteiger partial charge in [0.15, 0.2) is 11.5 Å². The normalized spacial score (nSPS) is 15.1. The molecule has 4 aromatic rings. The average Bonchev–Trinajstić information content (AvgIpc) is 3.37. The van der Waals surface area contributed by atoms with Crippen LogP contribution in [0.15, 0.2) is 76.6 Å². The van der Waals surface area contributed by atoms with E-state index in [1.165, 1.54) is 5.01 Å².